The van der Waals surface area contributed by atoms with E-state index in [1.807, 2.05) is 30.4 Å². The molecule has 0 saturated heterocycles. The predicted octanol–water partition coefficient (Wildman–Crippen LogP) is 3.24. The number of para-hydroxylation sites is 1. The van der Waals surface area contributed by atoms with E-state index in [0.29, 0.717) is 0 Å². The second-order valence-electron chi connectivity index (χ2n) is 2.60. The van der Waals surface area contributed by atoms with Crippen LogP contribution in [0.25, 0.3) is 16.3 Å². The van der Waals surface area contributed by atoms with Gasteiger partial charge in [0.2, 0.25) is 0 Å². The van der Waals surface area contributed by atoms with Gasteiger partial charge < -0.3 is 0 Å². The molecule has 0 atom stereocenters. The van der Waals surface area contributed by atoms with Crippen molar-refractivity contribution in [2.24, 2.45) is 0 Å². The van der Waals surface area contributed by atoms with Crippen molar-refractivity contribution >= 4 is 40.3 Å². The largest absolute Gasteiger partial charge is 0.237 e. The molecule has 1 aromatic carbocycles. The summed E-state index contributed by atoms with van der Waals surface area (Å²) < 4.78 is 1.24. The fraction of sp³-hybridized carbons (Fsp3) is 0.100. The molecule has 2 rings (SSSR count). The lowest BCUT2D eigenvalue weighted by atomic mass is 10.3. The molecule has 0 fully saturated rings. The number of aromatic nitrogens is 1. The van der Waals surface area contributed by atoms with E-state index in [0.717, 1.165) is 16.3 Å². The molecule has 0 aliphatic rings. The van der Waals surface area contributed by atoms with Gasteiger partial charge in [-0.25, -0.2) is 4.98 Å². The Morgan fingerprint density at radius 1 is 1.38 bits per heavy atom. The van der Waals surface area contributed by atoms with Gasteiger partial charge in [-0.3, -0.25) is 0 Å². The maximum atomic E-state index is 4.45. The molecule has 0 spiro atoms. The van der Waals surface area contributed by atoms with Gasteiger partial charge in [-0.1, -0.05) is 18.2 Å². The fourth-order valence-electron chi connectivity index (χ4n) is 1.11. The van der Waals surface area contributed by atoms with E-state index in [2.05, 4.69) is 23.7 Å². The highest BCUT2D eigenvalue weighted by atomic mass is 32.1. The molecular weight excluding hydrogens is 198 g/mol. The molecule has 0 aliphatic carbocycles. The van der Waals surface area contributed by atoms with Crippen molar-refractivity contribution in [1.29, 1.82) is 0 Å². The van der Waals surface area contributed by atoms with Crippen molar-refractivity contribution in [3.05, 3.63) is 35.3 Å². The second kappa shape index (κ2) is 3.94. The van der Waals surface area contributed by atoms with E-state index < -0.39 is 0 Å². The fourth-order valence-corrected chi connectivity index (χ4v) is 2.12. The third-order valence-electron chi connectivity index (χ3n) is 1.68. The number of rotatable bonds is 2. The van der Waals surface area contributed by atoms with Crippen molar-refractivity contribution in [1.82, 2.24) is 4.98 Å². The summed E-state index contributed by atoms with van der Waals surface area (Å²) in [6.07, 6.45) is 4.01. The Hall–Kier alpha value is -0.800. The summed E-state index contributed by atoms with van der Waals surface area (Å²) in [6, 6.07) is 8.16. The van der Waals surface area contributed by atoms with E-state index in [-0.39, 0.29) is 0 Å². The molecule has 0 bridgehead atoms. The third-order valence-corrected chi connectivity index (χ3v) is 2.89. The second-order valence-corrected chi connectivity index (χ2v) is 4.03. The first-order chi connectivity index (χ1) is 6.40. The minimum atomic E-state index is 0.760. The molecule has 1 heterocycles. The maximum absolute atomic E-state index is 4.45. The molecule has 2 aromatic rings. The van der Waals surface area contributed by atoms with Crippen LogP contribution in [-0.4, -0.2) is 10.7 Å². The summed E-state index contributed by atoms with van der Waals surface area (Å²) in [7, 11) is 0. The van der Waals surface area contributed by atoms with Gasteiger partial charge in [0.25, 0.3) is 0 Å². The summed E-state index contributed by atoms with van der Waals surface area (Å²) in [5.41, 5.74) is 1.08. The van der Waals surface area contributed by atoms with Gasteiger partial charge in [-0.15, -0.1) is 11.3 Å². The van der Waals surface area contributed by atoms with Gasteiger partial charge >= 0.3 is 0 Å². The zero-order valence-electron chi connectivity index (χ0n) is 6.97. The van der Waals surface area contributed by atoms with Crippen molar-refractivity contribution in [3.63, 3.8) is 0 Å². The molecule has 0 aliphatic heterocycles. The lowest BCUT2D eigenvalue weighted by Crippen LogP contribution is -1.68. The number of fused-ring (bicyclic) bond motifs is 1. The monoisotopic (exact) mass is 207 g/mol. The predicted molar refractivity (Wildman–Crippen MR) is 62.5 cm³/mol. The maximum Gasteiger partial charge on any atom is 0.117 e. The van der Waals surface area contributed by atoms with Crippen LogP contribution in [0.2, 0.25) is 0 Å². The Morgan fingerprint density at radius 2 is 2.23 bits per heavy atom. The molecule has 0 amide bonds. The SMILES string of the molecule is SCC=Cc1nc2ccccc2s1. The first kappa shape index (κ1) is 8.78. The van der Waals surface area contributed by atoms with Gasteiger partial charge in [0.1, 0.15) is 5.01 Å². The Morgan fingerprint density at radius 3 is 3.00 bits per heavy atom. The van der Waals surface area contributed by atoms with Crippen LogP contribution in [-0.2, 0) is 0 Å². The average molecular weight is 207 g/mol. The Bertz CT molecular complexity index is 398. The standard InChI is InChI=1S/C10H9NS2/c12-7-3-6-10-11-8-4-1-2-5-9(8)13-10/h1-6,12H,7H2. The van der Waals surface area contributed by atoms with Crippen LogP contribution in [0, 0.1) is 0 Å². The van der Waals surface area contributed by atoms with Gasteiger partial charge in [0, 0.05) is 5.75 Å². The molecule has 1 aromatic heterocycles. The van der Waals surface area contributed by atoms with Crippen molar-refractivity contribution in [3.8, 4) is 0 Å². The third kappa shape index (κ3) is 1.92. The molecule has 0 unspecified atom stereocenters. The van der Waals surface area contributed by atoms with E-state index in [1.165, 1.54) is 4.70 Å². The number of thiazole rings is 1. The zero-order chi connectivity index (χ0) is 9.10. The average Bonchev–Trinajstić information content (AvgIpc) is 2.57. The molecular formula is C10H9NS2. The smallest absolute Gasteiger partial charge is 0.117 e. The lowest BCUT2D eigenvalue weighted by Gasteiger charge is -1.80. The zero-order valence-corrected chi connectivity index (χ0v) is 8.68. The van der Waals surface area contributed by atoms with Crippen molar-refractivity contribution < 1.29 is 0 Å². The lowest BCUT2D eigenvalue weighted by molar-refractivity contribution is 1.46. The number of hydrogen-bond acceptors (Lipinski definition) is 3. The summed E-state index contributed by atoms with van der Waals surface area (Å²) in [4.78, 5) is 4.45. The van der Waals surface area contributed by atoms with Crippen LogP contribution >= 0.6 is 24.0 Å². The van der Waals surface area contributed by atoms with Crippen LogP contribution in [0.15, 0.2) is 30.3 Å². The Labute approximate surface area is 86.5 Å². The number of hydrogen-bond donors (Lipinski definition) is 1. The van der Waals surface area contributed by atoms with Gasteiger partial charge in [-0.05, 0) is 18.2 Å². The molecule has 13 heavy (non-hydrogen) atoms. The van der Waals surface area contributed by atoms with Crippen LogP contribution in [0.4, 0.5) is 0 Å². The first-order valence-corrected chi connectivity index (χ1v) is 5.48. The molecule has 66 valence electrons. The Kier molecular flexibility index (Phi) is 2.66. The number of benzene rings is 1. The Balaban J connectivity index is 2.44. The number of thiol groups is 1. The highest BCUT2D eigenvalue weighted by Gasteiger charge is 1.98. The van der Waals surface area contributed by atoms with Crippen LogP contribution in [0.3, 0.4) is 0 Å². The summed E-state index contributed by atoms with van der Waals surface area (Å²) in [5, 5.41) is 1.05. The molecule has 0 N–H and O–H groups in total. The van der Waals surface area contributed by atoms with E-state index >= 15 is 0 Å². The number of nitrogens with zero attached hydrogens (tertiary/aromatic N) is 1. The molecule has 3 heteroatoms. The molecule has 0 saturated carbocycles. The van der Waals surface area contributed by atoms with Crippen molar-refractivity contribution in [2.75, 3.05) is 5.75 Å². The molecule has 1 nitrogen and oxygen atoms in total. The summed E-state index contributed by atoms with van der Waals surface area (Å²) in [6.45, 7) is 0. The van der Waals surface area contributed by atoms with Gasteiger partial charge in [0.05, 0.1) is 10.2 Å². The normalized spacial score (nSPS) is 11.5. The van der Waals surface area contributed by atoms with E-state index in [4.69, 9.17) is 0 Å². The van der Waals surface area contributed by atoms with Crippen molar-refractivity contribution in [2.45, 2.75) is 0 Å². The topological polar surface area (TPSA) is 12.9 Å². The summed E-state index contributed by atoms with van der Waals surface area (Å²) >= 11 is 5.81. The van der Waals surface area contributed by atoms with Gasteiger partial charge in [0.15, 0.2) is 0 Å². The quantitative estimate of drug-likeness (QED) is 0.746. The van der Waals surface area contributed by atoms with Crippen LogP contribution in [0.5, 0.6) is 0 Å². The van der Waals surface area contributed by atoms with E-state index in [9.17, 15) is 0 Å². The highest BCUT2D eigenvalue weighted by molar-refractivity contribution is 7.80. The minimum Gasteiger partial charge on any atom is -0.237 e. The summed E-state index contributed by atoms with van der Waals surface area (Å²) in [5.74, 6) is 0.760. The highest BCUT2D eigenvalue weighted by Crippen LogP contribution is 2.22. The van der Waals surface area contributed by atoms with Crippen LogP contribution < -0.4 is 0 Å². The van der Waals surface area contributed by atoms with Crippen LogP contribution in [0.1, 0.15) is 5.01 Å². The minimum absolute atomic E-state index is 0.760. The van der Waals surface area contributed by atoms with E-state index in [1.54, 1.807) is 11.3 Å². The van der Waals surface area contributed by atoms with Gasteiger partial charge in [-0.2, -0.15) is 12.6 Å². The first-order valence-electron chi connectivity index (χ1n) is 4.03. The molecule has 0 radical (unpaired) electrons.